The second kappa shape index (κ2) is 10.1. The van der Waals surface area contributed by atoms with E-state index in [1.54, 1.807) is 0 Å². The number of nitrogens with zero attached hydrogens (tertiary/aromatic N) is 2. The molecule has 1 aliphatic rings. The highest BCUT2D eigenvalue weighted by molar-refractivity contribution is 6.11. The first-order chi connectivity index (χ1) is 22.5. The molecular weight excluding hydrogens is 560 g/mol. The number of hydrogen-bond acceptors (Lipinski definition) is 3. The molecule has 0 saturated carbocycles. The molecule has 6 aromatic carbocycles. The highest BCUT2D eigenvalue weighted by Crippen LogP contribution is 2.53. The van der Waals surface area contributed by atoms with Gasteiger partial charge >= 0.3 is 0 Å². The summed E-state index contributed by atoms with van der Waals surface area (Å²) in [7, 11) is 0. The lowest BCUT2D eigenvalue weighted by atomic mass is 9.81. The van der Waals surface area contributed by atoms with E-state index >= 15 is 0 Å². The van der Waals surface area contributed by atoms with Crippen LogP contribution in [-0.4, -0.2) is 9.97 Å². The molecule has 2 heterocycles. The SMILES string of the molecule is CC1(C)c2cc(-c3ccc(-c4nc(-c5ccccc5)cc(-c5ccccc5)n4)cc3)ccc2-c2c1ccc1c2oc2ccccc21. The summed E-state index contributed by atoms with van der Waals surface area (Å²) < 4.78 is 6.48. The van der Waals surface area contributed by atoms with E-state index in [0.29, 0.717) is 5.82 Å². The molecule has 3 nitrogen and oxygen atoms in total. The molecule has 0 unspecified atom stereocenters. The van der Waals surface area contributed by atoms with Crippen molar-refractivity contribution in [2.24, 2.45) is 0 Å². The topological polar surface area (TPSA) is 38.9 Å². The predicted molar refractivity (Wildman–Crippen MR) is 189 cm³/mol. The third-order valence-corrected chi connectivity index (χ3v) is 9.52. The first-order valence-electron chi connectivity index (χ1n) is 15.7. The van der Waals surface area contributed by atoms with Gasteiger partial charge in [-0.05, 0) is 46.0 Å². The average Bonchev–Trinajstić information content (AvgIpc) is 3.61. The Labute approximate surface area is 267 Å². The lowest BCUT2D eigenvalue weighted by Gasteiger charge is -2.22. The molecule has 0 atom stereocenters. The van der Waals surface area contributed by atoms with E-state index in [-0.39, 0.29) is 5.41 Å². The van der Waals surface area contributed by atoms with Crippen molar-refractivity contribution in [2.45, 2.75) is 19.3 Å². The van der Waals surface area contributed by atoms with Crippen LogP contribution in [0.15, 0.2) is 150 Å². The summed E-state index contributed by atoms with van der Waals surface area (Å²) in [5.41, 5.74) is 14.2. The quantitative estimate of drug-likeness (QED) is 0.205. The van der Waals surface area contributed by atoms with Gasteiger partial charge in [0.2, 0.25) is 0 Å². The predicted octanol–water partition coefficient (Wildman–Crippen LogP) is 11.4. The molecule has 0 amide bonds. The van der Waals surface area contributed by atoms with E-state index in [0.717, 1.165) is 50.2 Å². The van der Waals surface area contributed by atoms with Crippen LogP contribution >= 0.6 is 0 Å². The lowest BCUT2D eigenvalue weighted by molar-refractivity contribution is 0.653. The van der Waals surface area contributed by atoms with Crippen molar-refractivity contribution in [3.05, 3.63) is 157 Å². The summed E-state index contributed by atoms with van der Waals surface area (Å²) >= 11 is 0. The Morgan fingerprint density at radius 3 is 1.78 bits per heavy atom. The summed E-state index contributed by atoms with van der Waals surface area (Å²) in [4.78, 5) is 10.0. The fourth-order valence-corrected chi connectivity index (χ4v) is 7.08. The van der Waals surface area contributed by atoms with Crippen LogP contribution in [-0.2, 0) is 5.41 Å². The van der Waals surface area contributed by atoms with E-state index in [2.05, 4.69) is 117 Å². The van der Waals surface area contributed by atoms with E-state index in [1.807, 2.05) is 42.5 Å². The highest BCUT2D eigenvalue weighted by Gasteiger charge is 2.38. The zero-order chi connectivity index (χ0) is 30.8. The molecule has 0 radical (unpaired) electrons. The van der Waals surface area contributed by atoms with Gasteiger partial charge in [-0.1, -0.05) is 141 Å². The minimum absolute atomic E-state index is 0.145. The molecule has 9 rings (SSSR count). The zero-order valence-electron chi connectivity index (χ0n) is 25.7. The van der Waals surface area contributed by atoms with Crippen LogP contribution in [0.4, 0.5) is 0 Å². The fraction of sp³-hybridized carbons (Fsp3) is 0.0698. The number of para-hydroxylation sites is 1. The molecule has 0 fully saturated rings. The van der Waals surface area contributed by atoms with Gasteiger partial charge in [0.15, 0.2) is 5.82 Å². The number of fused-ring (bicyclic) bond motifs is 7. The summed E-state index contributed by atoms with van der Waals surface area (Å²) in [6.07, 6.45) is 0. The van der Waals surface area contributed by atoms with Gasteiger partial charge in [0.05, 0.1) is 11.4 Å². The molecule has 3 heteroatoms. The summed E-state index contributed by atoms with van der Waals surface area (Å²) in [5.74, 6) is 0.715. The Morgan fingerprint density at radius 2 is 1.09 bits per heavy atom. The van der Waals surface area contributed by atoms with Crippen molar-refractivity contribution in [3.63, 3.8) is 0 Å². The van der Waals surface area contributed by atoms with Gasteiger partial charge in [0.1, 0.15) is 11.2 Å². The maximum Gasteiger partial charge on any atom is 0.160 e. The van der Waals surface area contributed by atoms with Gasteiger partial charge in [-0.3, -0.25) is 0 Å². The Bertz CT molecular complexity index is 2360. The van der Waals surface area contributed by atoms with Crippen LogP contribution in [0.1, 0.15) is 25.0 Å². The largest absolute Gasteiger partial charge is 0.455 e. The molecule has 1 aliphatic carbocycles. The maximum absolute atomic E-state index is 6.48. The first kappa shape index (κ1) is 26.6. The second-order valence-corrected chi connectivity index (χ2v) is 12.6. The smallest absolute Gasteiger partial charge is 0.160 e. The molecule has 2 aromatic heterocycles. The Kier molecular flexibility index (Phi) is 5.85. The first-order valence-corrected chi connectivity index (χ1v) is 15.7. The van der Waals surface area contributed by atoms with Gasteiger partial charge in [0.25, 0.3) is 0 Å². The Balaban J connectivity index is 1.11. The van der Waals surface area contributed by atoms with Crippen LogP contribution in [0.5, 0.6) is 0 Å². The highest BCUT2D eigenvalue weighted by atomic mass is 16.3. The number of aromatic nitrogens is 2. The van der Waals surface area contributed by atoms with E-state index in [9.17, 15) is 0 Å². The number of furan rings is 1. The third kappa shape index (κ3) is 4.13. The van der Waals surface area contributed by atoms with Gasteiger partial charge in [-0.25, -0.2) is 9.97 Å². The van der Waals surface area contributed by atoms with Crippen LogP contribution in [0.3, 0.4) is 0 Å². The molecule has 46 heavy (non-hydrogen) atoms. The van der Waals surface area contributed by atoms with Crippen molar-refractivity contribution in [1.29, 1.82) is 0 Å². The van der Waals surface area contributed by atoms with Crippen molar-refractivity contribution < 1.29 is 4.42 Å². The molecule has 218 valence electrons. The molecule has 0 spiro atoms. The van der Waals surface area contributed by atoms with E-state index in [4.69, 9.17) is 14.4 Å². The van der Waals surface area contributed by atoms with Crippen molar-refractivity contribution in [2.75, 3.05) is 0 Å². The number of benzene rings is 6. The van der Waals surface area contributed by atoms with Crippen LogP contribution in [0.2, 0.25) is 0 Å². The van der Waals surface area contributed by atoms with E-state index in [1.165, 1.54) is 33.2 Å². The second-order valence-electron chi connectivity index (χ2n) is 12.6. The molecular formula is C43H30N2O. The van der Waals surface area contributed by atoms with Crippen molar-refractivity contribution >= 4 is 21.9 Å². The van der Waals surface area contributed by atoms with E-state index < -0.39 is 0 Å². The lowest BCUT2D eigenvalue weighted by Crippen LogP contribution is -2.14. The average molecular weight is 591 g/mol. The van der Waals surface area contributed by atoms with Gasteiger partial charge in [-0.2, -0.15) is 0 Å². The van der Waals surface area contributed by atoms with Gasteiger partial charge in [-0.15, -0.1) is 0 Å². The number of rotatable bonds is 4. The minimum atomic E-state index is -0.145. The minimum Gasteiger partial charge on any atom is -0.455 e. The van der Waals surface area contributed by atoms with Crippen LogP contribution in [0, 0.1) is 0 Å². The monoisotopic (exact) mass is 590 g/mol. The molecule has 0 bridgehead atoms. The molecule has 0 N–H and O–H groups in total. The van der Waals surface area contributed by atoms with Crippen LogP contribution < -0.4 is 0 Å². The summed E-state index contributed by atoms with van der Waals surface area (Å²) in [6.45, 7) is 4.64. The van der Waals surface area contributed by atoms with Gasteiger partial charge < -0.3 is 4.42 Å². The maximum atomic E-state index is 6.48. The molecule has 8 aromatic rings. The molecule has 0 saturated heterocycles. The standard InChI is InChI=1S/C43H30N2O/c1-43(2)35-24-23-33-32-15-9-10-16-39(32)46-41(33)40(35)34-22-21-31(25-36(34)43)27-17-19-30(20-18-27)42-44-37(28-11-5-3-6-12-28)26-38(45-42)29-13-7-4-8-14-29/h3-26H,1-2H3. The van der Waals surface area contributed by atoms with Crippen molar-refractivity contribution in [1.82, 2.24) is 9.97 Å². The van der Waals surface area contributed by atoms with Crippen LogP contribution in [0.25, 0.3) is 78.1 Å². The zero-order valence-corrected chi connectivity index (χ0v) is 25.7. The Morgan fingerprint density at radius 1 is 0.478 bits per heavy atom. The van der Waals surface area contributed by atoms with Gasteiger partial charge in [0, 0.05) is 38.4 Å². The normalized spacial score (nSPS) is 13.2. The third-order valence-electron chi connectivity index (χ3n) is 9.52. The Hall–Kier alpha value is -5.80. The fourth-order valence-electron chi connectivity index (χ4n) is 7.08. The summed E-state index contributed by atoms with van der Waals surface area (Å²) in [6, 6.07) is 51.0. The van der Waals surface area contributed by atoms with Crippen molar-refractivity contribution in [3.8, 4) is 56.2 Å². The molecule has 0 aliphatic heterocycles. The summed E-state index contributed by atoms with van der Waals surface area (Å²) in [5, 5.41) is 2.34. The number of hydrogen-bond donors (Lipinski definition) is 0.